The molecule has 0 saturated carbocycles. The largest absolute Gasteiger partial charge is 0.493 e. The summed E-state index contributed by atoms with van der Waals surface area (Å²) in [6.07, 6.45) is 1.98. The van der Waals surface area contributed by atoms with E-state index in [4.69, 9.17) is 9.47 Å². The zero-order chi connectivity index (χ0) is 15.8. The van der Waals surface area contributed by atoms with Crippen molar-refractivity contribution in [2.24, 2.45) is 0 Å². The van der Waals surface area contributed by atoms with Gasteiger partial charge in [0.2, 0.25) is 0 Å². The number of amides is 1. The second-order valence-electron chi connectivity index (χ2n) is 5.32. The molecule has 0 fully saturated rings. The molecule has 21 heavy (non-hydrogen) atoms. The summed E-state index contributed by atoms with van der Waals surface area (Å²) in [6, 6.07) is 5.38. The lowest BCUT2D eigenvalue weighted by Gasteiger charge is -2.22. The number of carbonyl (C=O) groups is 1. The van der Waals surface area contributed by atoms with E-state index >= 15 is 0 Å². The minimum Gasteiger partial charge on any atom is -0.493 e. The third-order valence-electron chi connectivity index (χ3n) is 3.05. The van der Waals surface area contributed by atoms with Crippen molar-refractivity contribution in [2.75, 3.05) is 20.2 Å². The van der Waals surface area contributed by atoms with Gasteiger partial charge < -0.3 is 14.4 Å². The number of carbonyl (C=O) groups excluding carboxylic acids is 1. The van der Waals surface area contributed by atoms with Crippen LogP contribution >= 0.6 is 0 Å². The molecule has 1 aromatic carbocycles. The van der Waals surface area contributed by atoms with Gasteiger partial charge in [0.25, 0.3) is 5.91 Å². The number of hydrogen-bond acceptors (Lipinski definition) is 3. The Kier molecular flexibility index (Phi) is 7.06. The van der Waals surface area contributed by atoms with E-state index in [2.05, 4.69) is 13.8 Å². The predicted molar refractivity (Wildman–Crippen MR) is 85.2 cm³/mol. The summed E-state index contributed by atoms with van der Waals surface area (Å²) < 4.78 is 11.0. The smallest absolute Gasteiger partial charge is 0.253 e. The van der Waals surface area contributed by atoms with Gasteiger partial charge >= 0.3 is 0 Å². The van der Waals surface area contributed by atoms with E-state index in [0.29, 0.717) is 17.1 Å². The van der Waals surface area contributed by atoms with Crippen LogP contribution in [0.4, 0.5) is 0 Å². The van der Waals surface area contributed by atoms with Gasteiger partial charge in [0.1, 0.15) is 0 Å². The summed E-state index contributed by atoms with van der Waals surface area (Å²) in [6.45, 7) is 9.64. The van der Waals surface area contributed by atoms with E-state index in [1.807, 2.05) is 24.8 Å². The highest BCUT2D eigenvalue weighted by atomic mass is 16.5. The lowest BCUT2D eigenvalue weighted by molar-refractivity contribution is 0.0755. The molecule has 0 unspecified atom stereocenters. The highest BCUT2D eigenvalue weighted by molar-refractivity contribution is 5.95. The lowest BCUT2D eigenvalue weighted by Crippen LogP contribution is -2.32. The van der Waals surface area contributed by atoms with E-state index in [1.54, 1.807) is 19.2 Å². The molecule has 0 atom stereocenters. The quantitative estimate of drug-likeness (QED) is 0.733. The van der Waals surface area contributed by atoms with Gasteiger partial charge in [-0.2, -0.15) is 0 Å². The Labute approximate surface area is 128 Å². The Bertz CT molecular complexity index is 451. The Morgan fingerprint density at radius 1 is 1.14 bits per heavy atom. The van der Waals surface area contributed by atoms with Crippen LogP contribution in [-0.2, 0) is 0 Å². The van der Waals surface area contributed by atoms with Crippen molar-refractivity contribution < 1.29 is 14.3 Å². The fourth-order valence-electron chi connectivity index (χ4n) is 2.19. The molecule has 0 heterocycles. The van der Waals surface area contributed by atoms with Gasteiger partial charge in [0, 0.05) is 18.7 Å². The molecule has 1 aromatic rings. The maximum Gasteiger partial charge on any atom is 0.253 e. The number of ether oxygens (including phenoxy) is 2. The Hall–Kier alpha value is -1.71. The van der Waals surface area contributed by atoms with Crippen LogP contribution in [0.1, 0.15) is 50.9 Å². The standard InChI is InChI=1S/C17H27NO3/c1-6-10-18(11-7-2)17(19)14-8-9-15(21-13(3)4)16(12-14)20-5/h8-9,12-13H,6-7,10-11H2,1-5H3. The molecule has 0 aliphatic rings. The van der Waals surface area contributed by atoms with Gasteiger partial charge in [0.15, 0.2) is 11.5 Å². The third-order valence-corrected chi connectivity index (χ3v) is 3.05. The fraction of sp³-hybridized carbons (Fsp3) is 0.588. The first kappa shape index (κ1) is 17.3. The molecule has 4 nitrogen and oxygen atoms in total. The van der Waals surface area contributed by atoms with Crippen LogP contribution in [0, 0.1) is 0 Å². The Morgan fingerprint density at radius 3 is 2.24 bits per heavy atom. The van der Waals surface area contributed by atoms with Crippen LogP contribution in [0.25, 0.3) is 0 Å². The van der Waals surface area contributed by atoms with Crippen LogP contribution in [0.3, 0.4) is 0 Å². The van der Waals surface area contributed by atoms with Gasteiger partial charge in [-0.3, -0.25) is 4.79 Å². The van der Waals surface area contributed by atoms with Gasteiger partial charge in [0.05, 0.1) is 13.2 Å². The molecule has 0 aliphatic heterocycles. The number of benzene rings is 1. The number of methoxy groups -OCH3 is 1. The molecule has 1 amide bonds. The van der Waals surface area contributed by atoms with E-state index in [9.17, 15) is 4.79 Å². The molecule has 0 saturated heterocycles. The zero-order valence-corrected chi connectivity index (χ0v) is 13.8. The molecule has 0 N–H and O–H groups in total. The van der Waals surface area contributed by atoms with Crippen LogP contribution in [-0.4, -0.2) is 37.1 Å². The summed E-state index contributed by atoms with van der Waals surface area (Å²) in [5.74, 6) is 1.32. The molecule has 4 heteroatoms. The second-order valence-corrected chi connectivity index (χ2v) is 5.32. The SMILES string of the molecule is CCCN(CCC)C(=O)c1ccc(OC(C)C)c(OC)c1. The average Bonchev–Trinajstić information content (AvgIpc) is 2.46. The van der Waals surface area contributed by atoms with Crippen molar-refractivity contribution in [1.82, 2.24) is 4.90 Å². The third kappa shape index (κ3) is 4.96. The maximum atomic E-state index is 12.6. The highest BCUT2D eigenvalue weighted by Crippen LogP contribution is 2.29. The minimum atomic E-state index is 0.0492. The monoisotopic (exact) mass is 293 g/mol. The van der Waals surface area contributed by atoms with E-state index in [0.717, 1.165) is 25.9 Å². The number of rotatable bonds is 8. The first-order chi connectivity index (χ1) is 10.0. The van der Waals surface area contributed by atoms with Gasteiger partial charge in [-0.15, -0.1) is 0 Å². The molecule has 118 valence electrons. The molecule has 0 spiro atoms. The van der Waals surface area contributed by atoms with Crippen molar-refractivity contribution in [1.29, 1.82) is 0 Å². The van der Waals surface area contributed by atoms with Crippen LogP contribution in [0.5, 0.6) is 11.5 Å². The van der Waals surface area contributed by atoms with E-state index in [-0.39, 0.29) is 12.0 Å². The normalized spacial score (nSPS) is 10.6. The summed E-state index contributed by atoms with van der Waals surface area (Å²) >= 11 is 0. The van der Waals surface area contributed by atoms with Crippen LogP contribution in [0.2, 0.25) is 0 Å². The Balaban J connectivity index is 2.99. The van der Waals surface area contributed by atoms with Crippen molar-refractivity contribution in [3.05, 3.63) is 23.8 Å². The zero-order valence-electron chi connectivity index (χ0n) is 13.8. The summed E-state index contributed by atoms with van der Waals surface area (Å²) in [7, 11) is 1.59. The predicted octanol–water partition coefficient (Wildman–Crippen LogP) is 3.74. The van der Waals surface area contributed by atoms with Gasteiger partial charge in [-0.25, -0.2) is 0 Å². The highest BCUT2D eigenvalue weighted by Gasteiger charge is 2.17. The van der Waals surface area contributed by atoms with Crippen molar-refractivity contribution in [3.63, 3.8) is 0 Å². The van der Waals surface area contributed by atoms with Crippen LogP contribution in [0.15, 0.2) is 18.2 Å². The molecular formula is C17H27NO3. The average molecular weight is 293 g/mol. The molecule has 0 aromatic heterocycles. The van der Waals surface area contributed by atoms with Crippen LogP contribution < -0.4 is 9.47 Å². The summed E-state index contributed by atoms with van der Waals surface area (Å²) in [4.78, 5) is 14.4. The first-order valence-electron chi connectivity index (χ1n) is 7.67. The van der Waals surface area contributed by atoms with Crippen molar-refractivity contribution >= 4 is 5.91 Å². The molecule has 0 bridgehead atoms. The molecular weight excluding hydrogens is 266 g/mol. The van der Waals surface area contributed by atoms with Gasteiger partial charge in [-0.1, -0.05) is 13.8 Å². The molecule has 0 radical (unpaired) electrons. The number of hydrogen-bond donors (Lipinski definition) is 0. The van der Waals surface area contributed by atoms with Crippen molar-refractivity contribution in [2.45, 2.75) is 46.6 Å². The summed E-state index contributed by atoms with van der Waals surface area (Å²) in [5.41, 5.74) is 0.643. The van der Waals surface area contributed by atoms with Gasteiger partial charge in [-0.05, 0) is 44.9 Å². The summed E-state index contributed by atoms with van der Waals surface area (Å²) in [5, 5.41) is 0. The van der Waals surface area contributed by atoms with E-state index in [1.165, 1.54) is 0 Å². The van der Waals surface area contributed by atoms with E-state index < -0.39 is 0 Å². The fourth-order valence-corrected chi connectivity index (χ4v) is 2.19. The number of nitrogens with zero attached hydrogens (tertiary/aromatic N) is 1. The first-order valence-corrected chi connectivity index (χ1v) is 7.67. The van der Waals surface area contributed by atoms with Crippen molar-refractivity contribution in [3.8, 4) is 11.5 Å². The topological polar surface area (TPSA) is 38.8 Å². The lowest BCUT2D eigenvalue weighted by atomic mass is 10.1. The second kappa shape index (κ2) is 8.55. The minimum absolute atomic E-state index is 0.0492. The maximum absolute atomic E-state index is 12.6. The molecule has 0 aliphatic carbocycles. The molecule has 1 rings (SSSR count). The Morgan fingerprint density at radius 2 is 1.76 bits per heavy atom.